The molecule has 16 atom stereocenters. The second kappa shape index (κ2) is 13.2. The Bertz CT molecular complexity index is 1200. The van der Waals surface area contributed by atoms with Crippen LogP contribution in [0.25, 0.3) is 0 Å². The van der Waals surface area contributed by atoms with Crippen LogP contribution in [0.3, 0.4) is 0 Å². The van der Waals surface area contributed by atoms with Gasteiger partial charge < -0.3 is 44.5 Å². The lowest BCUT2D eigenvalue weighted by Gasteiger charge is -2.61. The molecule has 2 heterocycles. The molecule has 2 spiro atoms. The van der Waals surface area contributed by atoms with Crippen LogP contribution in [-0.2, 0) is 23.7 Å². The molecule has 6 aliphatic rings. The Balaban J connectivity index is 1.23. The summed E-state index contributed by atoms with van der Waals surface area (Å²) in [5, 5.41) is 54.7. The summed E-state index contributed by atoms with van der Waals surface area (Å²) in [6, 6.07) is 0. The third-order valence-corrected chi connectivity index (χ3v) is 15.2. The Morgan fingerprint density at radius 3 is 2.31 bits per heavy atom. The summed E-state index contributed by atoms with van der Waals surface area (Å²) >= 11 is 0. The highest BCUT2D eigenvalue weighted by molar-refractivity contribution is 5.69. The number of hydrogen-bond acceptors (Lipinski definition) is 10. The Labute approximate surface area is 293 Å². The third kappa shape index (κ3) is 6.04. The van der Waals surface area contributed by atoms with E-state index in [9.17, 15) is 30.3 Å². The van der Waals surface area contributed by atoms with Gasteiger partial charge in [-0.3, -0.25) is 4.79 Å². The van der Waals surface area contributed by atoms with Crippen molar-refractivity contribution in [2.45, 2.75) is 187 Å². The Morgan fingerprint density at radius 1 is 0.980 bits per heavy atom. The zero-order chi connectivity index (χ0) is 35.9. The molecule has 8 unspecified atom stereocenters. The van der Waals surface area contributed by atoms with Crippen LogP contribution in [0.5, 0.6) is 0 Å². The maximum atomic E-state index is 12.7. The summed E-state index contributed by atoms with van der Waals surface area (Å²) in [7, 11) is 0. The number of esters is 1. The lowest BCUT2D eigenvalue weighted by atomic mass is 9.45. The van der Waals surface area contributed by atoms with Crippen molar-refractivity contribution in [1.82, 2.24) is 0 Å². The molecule has 5 N–H and O–H groups in total. The summed E-state index contributed by atoms with van der Waals surface area (Å²) in [5.41, 5.74) is -1.49. The van der Waals surface area contributed by atoms with Crippen LogP contribution in [0.15, 0.2) is 0 Å². The Morgan fingerprint density at radius 2 is 1.65 bits per heavy atom. The fourth-order valence-corrected chi connectivity index (χ4v) is 12.7. The second-order valence-electron chi connectivity index (χ2n) is 18.6. The van der Waals surface area contributed by atoms with Gasteiger partial charge in [0.1, 0.15) is 18.3 Å². The zero-order valence-electron chi connectivity index (χ0n) is 31.3. The van der Waals surface area contributed by atoms with E-state index >= 15 is 0 Å². The van der Waals surface area contributed by atoms with Crippen LogP contribution in [0.2, 0.25) is 0 Å². The number of aliphatic hydroxyl groups excluding tert-OH is 4. The number of aliphatic hydroxyl groups is 5. The van der Waals surface area contributed by atoms with E-state index < -0.39 is 54.6 Å². The van der Waals surface area contributed by atoms with Crippen molar-refractivity contribution in [1.29, 1.82) is 0 Å². The number of rotatable bonds is 9. The molecule has 0 amide bonds. The normalized spacial score (nSPS) is 49.1. The monoisotopic (exact) mass is 694 g/mol. The van der Waals surface area contributed by atoms with Gasteiger partial charge in [-0.15, -0.1) is 0 Å². The second-order valence-corrected chi connectivity index (χ2v) is 18.6. The molecule has 6 fully saturated rings. The molecular weight excluding hydrogens is 628 g/mol. The molecule has 4 saturated carbocycles. The number of carbonyl (C=O) groups excluding carboxylic acids is 1. The molecule has 2 aliphatic heterocycles. The van der Waals surface area contributed by atoms with Gasteiger partial charge in [-0.1, -0.05) is 54.4 Å². The molecular formula is C39H66O10. The standard InChI is InChI=1S/C39H66O10/c1-9-22-21(3)18-24(33(36(6,7)45)49-28(41)10-2)47-31(22)32(44)37(8)15-11-16-38-20-39(38)17-14-27(35(4,5)25(39)12-13-26(37)38)48-34-30(43)29(42)23(40)19-46-34/h21-27,29-34,40,42-45H,9-20H2,1-8H3/t21-,22+,23-,24+,25+,26?,27?,29?,30-,31?,32+,33?,34?,37-,38?,39?/m1/s1. The average molecular weight is 695 g/mol. The minimum absolute atomic E-state index is 0.0689. The van der Waals surface area contributed by atoms with E-state index in [1.807, 2.05) is 0 Å². The van der Waals surface area contributed by atoms with E-state index in [1.54, 1.807) is 20.8 Å². The largest absolute Gasteiger partial charge is 0.457 e. The van der Waals surface area contributed by atoms with E-state index in [2.05, 4.69) is 34.6 Å². The lowest BCUT2D eigenvalue weighted by Crippen LogP contribution is -2.62. The maximum Gasteiger partial charge on any atom is 0.305 e. The van der Waals surface area contributed by atoms with E-state index in [0.29, 0.717) is 18.3 Å². The molecule has 10 heteroatoms. The summed E-state index contributed by atoms with van der Waals surface area (Å²) < 4.78 is 24.8. The van der Waals surface area contributed by atoms with Crippen LogP contribution in [0, 0.1) is 45.3 Å². The van der Waals surface area contributed by atoms with E-state index in [-0.39, 0.29) is 58.6 Å². The molecule has 2 saturated heterocycles. The number of carbonyl (C=O) groups is 1. The first-order chi connectivity index (χ1) is 22.9. The maximum absolute atomic E-state index is 12.7. The number of ether oxygens (including phenoxy) is 4. The lowest BCUT2D eigenvalue weighted by molar-refractivity contribution is -0.302. The van der Waals surface area contributed by atoms with Gasteiger partial charge in [-0.05, 0) is 111 Å². The predicted octanol–water partition coefficient (Wildman–Crippen LogP) is 4.50. The first-order valence-electron chi connectivity index (χ1n) is 19.4. The smallest absolute Gasteiger partial charge is 0.305 e. The molecule has 282 valence electrons. The van der Waals surface area contributed by atoms with Crippen LogP contribution in [0.4, 0.5) is 0 Å². The van der Waals surface area contributed by atoms with E-state index in [0.717, 1.165) is 51.4 Å². The van der Waals surface area contributed by atoms with Crippen LogP contribution >= 0.6 is 0 Å². The van der Waals surface area contributed by atoms with E-state index in [1.165, 1.54) is 6.42 Å². The van der Waals surface area contributed by atoms with Crippen molar-refractivity contribution in [2.24, 2.45) is 45.3 Å². The molecule has 0 aromatic rings. The fourth-order valence-electron chi connectivity index (χ4n) is 12.7. The fraction of sp³-hybridized carbons (Fsp3) is 0.974. The Kier molecular flexibility index (Phi) is 10.2. The van der Waals surface area contributed by atoms with Crippen LogP contribution in [0.1, 0.15) is 126 Å². The predicted molar refractivity (Wildman–Crippen MR) is 182 cm³/mol. The average Bonchev–Trinajstić information content (AvgIpc) is 3.70. The van der Waals surface area contributed by atoms with E-state index in [4.69, 9.17) is 18.9 Å². The van der Waals surface area contributed by atoms with Crippen molar-refractivity contribution in [2.75, 3.05) is 6.61 Å². The van der Waals surface area contributed by atoms with Gasteiger partial charge in [0, 0.05) is 6.42 Å². The highest BCUT2D eigenvalue weighted by atomic mass is 16.7. The molecule has 0 aromatic carbocycles. The van der Waals surface area contributed by atoms with Gasteiger partial charge in [-0.25, -0.2) is 0 Å². The highest BCUT2D eigenvalue weighted by Crippen LogP contribution is 2.86. The first-order valence-corrected chi connectivity index (χ1v) is 19.4. The van der Waals surface area contributed by atoms with Gasteiger partial charge in [0.2, 0.25) is 0 Å². The Hall–Kier alpha value is -0.850. The molecule has 4 aliphatic carbocycles. The van der Waals surface area contributed by atoms with Gasteiger partial charge in [0.25, 0.3) is 0 Å². The highest BCUT2D eigenvalue weighted by Gasteiger charge is 2.80. The summed E-state index contributed by atoms with van der Waals surface area (Å²) in [5.74, 6) is 0.790. The SMILES string of the molecule is CCC(=O)OC([C@@H]1C[C@@H](C)[C@H](CC)C([C@H](O)[C@]2(C)CCCC34CC35CCC(OC3OC[C@@H](O)C(O)[C@H]3O)C(C)(C)[C@@H]5CCC42)O1)C(C)(C)O. The van der Waals surface area contributed by atoms with Crippen molar-refractivity contribution in [3.8, 4) is 0 Å². The van der Waals surface area contributed by atoms with Crippen molar-refractivity contribution >= 4 is 5.97 Å². The first kappa shape index (κ1) is 37.9. The molecule has 10 nitrogen and oxygen atoms in total. The van der Waals surface area contributed by atoms with Gasteiger partial charge in [-0.2, -0.15) is 0 Å². The van der Waals surface area contributed by atoms with Gasteiger partial charge >= 0.3 is 5.97 Å². The minimum Gasteiger partial charge on any atom is -0.457 e. The third-order valence-electron chi connectivity index (χ3n) is 15.2. The molecule has 0 aromatic heterocycles. The molecule has 0 radical (unpaired) electrons. The quantitative estimate of drug-likeness (QED) is 0.172. The van der Waals surface area contributed by atoms with Crippen LogP contribution in [-0.4, -0.2) is 98.8 Å². The molecule has 49 heavy (non-hydrogen) atoms. The molecule has 0 bridgehead atoms. The van der Waals surface area contributed by atoms with Crippen molar-refractivity contribution < 1.29 is 49.3 Å². The summed E-state index contributed by atoms with van der Waals surface area (Å²) in [6.45, 7) is 16.3. The van der Waals surface area contributed by atoms with Crippen LogP contribution < -0.4 is 0 Å². The van der Waals surface area contributed by atoms with Gasteiger partial charge in [0.15, 0.2) is 12.4 Å². The van der Waals surface area contributed by atoms with Crippen molar-refractivity contribution in [3.63, 3.8) is 0 Å². The number of hydrogen-bond donors (Lipinski definition) is 5. The van der Waals surface area contributed by atoms with Gasteiger partial charge in [0.05, 0.1) is 36.6 Å². The zero-order valence-corrected chi connectivity index (χ0v) is 31.3. The molecule has 6 rings (SSSR count). The summed E-state index contributed by atoms with van der Waals surface area (Å²) in [4.78, 5) is 12.5. The summed E-state index contributed by atoms with van der Waals surface area (Å²) in [6.07, 6.45) is 2.71. The topological polar surface area (TPSA) is 155 Å². The minimum atomic E-state index is -1.30. The van der Waals surface area contributed by atoms with Crippen molar-refractivity contribution in [3.05, 3.63) is 0 Å².